The fourth-order valence-electron chi connectivity index (χ4n) is 1.20. The van der Waals surface area contributed by atoms with E-state index >= 15 is 0 Å². The monoisotopic (exact) mass is 257 g/mol. The van der Waals surface area contributed by atoms with E-state index in [1.807, 2.05) is 0 Å². The molecule has 0 atom stereocenters. The van der Waals surface area contributed by atoms with Gasteiger partial charge in [-0.15, -0.1) is 0 Å². The molecule has 0 aliphatic heterocycles. The zero-order valence-corrected chi connectivity index (χ0v) is 8.43. The Bertz CT molecular complexity index is 564. The highest BCUT2D eigenvalue weighted by atomic mass is 79.9. The van der Waals surface area contributed by atoms with Gasteiger partial charge in [0.05, 0.1) is 9.99 Å². The van der Waals surface area contributed by atoms with Crippen molar-refractivity contribution in [3.63, 3.8) is 0 Å². The topological polar surface area (TPSA) is 53.1 Å². The van der Waals surface area contributed by atoms with Crippen LogP contribution in [0.3, 0.4) is 0 Å². The number of rotatable bonds is 0. The molecular weight excluding hydrogens is 253 g/mol. The molecule has 0 fully saturated rings. The molecule has 0 bridgehead atoms. The number of hydrogen-bond acceptors (Lipinski definition) is 2. The van der Waals surface area contributed by atoms with Crippen LogP contribution in [-0.2, 0) is 0 Å². The maximum atomic E-state index is 13.4. The van der Waals surface area contributed by atoms with E-state index in [0.29, 0.717) is 5.39 Å². The normalized spacial score (nSPS) is 10.7. The molecule has 0 unspecified atom stereocenters. The number of halogens is 2. The second-order valence-corrected chi connectivity index (χ2v) is 3.66. The fourth-order valence-corrected chi connectivity index (χ4v) is 1.53. The van der Waals surface area contributed by atoms with E-state index in [1.54, 1.807) is 6.07 Å². The third-order valence-electron chi connectivity index (χ3n) is 1.89. The highest BCUT2D eigenvalue weighted by molar-refractivity contribution is 9.10. The number of aromatic nitrogens is 1. The number of H-pyrrole nitrogens is 1. The zero-order chi connectivity index (χ0) is 10.3. The average molecular weight is 258 g/mol. The van der Waals surface area contributed by atoms with E-state index in [1.165, 1.54) is 12.1 Å². The quantitative estimate of drug-likeness (QED) is 0.760. The second-order valence-electron chi connectivity index (χ2n) is 2.81. The van der Waals surface area contributed by atoms with E-state index in [2.05, 4.69) is 20.9 Å². The molecule has 0 saturated carbocycles. The lowest BCUT2D eigenvalue weighted by Crippen LogP contribution is -2.05. The van der Waals surface area contributed by atoms with Gasteiger partial charge >= 0.3 is 0 Å². The van der Waals surface area contributed by atoms with Crippen LogP contribution in [0.25, 0.3) is 10.9 Å². The van der Waals surface area contributed by atoms with Crippen molar-refractivity contribution in [1.82, 2.24) is 4.98 Å². The van der Waals surface area contributed by atoms with Crippen LogP contribution < -0.4 is 5.56 Å². The summed E-state index contributed by atoms with van der Waals surface area (Å²) >= 11 is 3.00. The van der Waals surface area contributed by atoms with E-state index in [9.17, 15) is 9.18 Å². The van der Waals surface area contributed by atoms with Gasteiger partial charge in [0.1, 0.15) is 0 Å². The van der Waals surface area contributed by atoms with Crippen LogP contribution in [0.2, 0.25) is 0 Å². The van der Waals surface area contributed by atoms with Gasteiger partial charge in [-0.2, -0.15) is 0 Å². The van der Waals surface area contributed by atoms with Crippen LogP contribution in [0.5, 0.6) is 5.75 Å². The Labute approximate surface area is 86.3 Å². The zero-order valence-electron chi connectivity index (χ0n) is 6.84. The minimum absolute atomic E-state index is 0.0853. The Hall–Kier alpha value is -1.36. The van der Waals surface area contributed by atoms with Crippen LogP contribution in [-0.4, -0.2) is 10.1 Å². The van der Waals surface area contributed by atoms with Gasteiger partial charge in [0.15, 0.2) is 11.6 Å². The molecule has 72 valence electrons. The average Bonchev–Trinajstić information content (AvgIpc) is 2.15. The minimum Gasteiger partial charge on any atom is -0.503 e. The van der Waals surface area contributed by atoms with E-state index < -0.39 is 17.1 Å². The van der Waals surface area contributed by atoms with Crippen molar-refractivity contribution in [2.75, 3.05) is 0 Å². The fraction of sp³-hybridized carbons (Fsp3) is 0. The van der Waals surface area contributed by atoms with E-state index in [0.717, 1.165) is 0 Å². The van der Waals surface area contributed by atoms with Crippen molar-refractivity contribution < 1.29 is 9.50 Å². The molecule has 0 spiro atoms. The maximum Gasteiger partial charge on any atom is 0.290 e. The van der Waals surface area contributed by atoms with Gasteiger partial charge in [-0.1, -0.05) is 6.07 Å². The summed E-state index contributed by atoms with van der Waals surface area (Å²) in [6.07, 6.45) is 0. The first kappa shape index (κ1) is 9.21. The third kappa shape index (κ3) is 1.29. The molecule has 0 aliphatic carbocycles. The summed E-state index contributed by atoms with van der Waals surface area (Å²) in [4.78, 5) is 13.3. The summed E-state index contributed by atoms with van der Waals surface area (Å²) in [5.41, 5.74) is -0.614. The van der Waals surface area contributed by atoms with Gasteiger partial charge < -0.3 is 10.1 Å². The number of nitrogens with one attached hydrogen (secondary N) is 1. The smallest absolute Gasteiger partial charge is 0.290 e. The maximum absolute atomic E-state index is 13.4. The van der Waals surface area contributed by atoms with Crippen LogP contribution in [0.1, 0.15) is 0 Å². The number of hydrogen-bond donors (Lipinski definition) is 2. The minimum atomic E-state index is -0.700. The molecule has 2 N–H and O–H groups in total. The van der Waals surface area contributed by atoms with Gasteiger partial charge in [-0.3, -0.25) is 4.79 Å². The van der Waals surface area contributed by atoms with Crippen LogP contribution >= 0.6 is 15.9 Å². The van der Waals surface area contributed by atoms with Gasteiger partial charge in [0, 0.05) is 5.39 Å². The second kappa shape index (κ2) is 3.09. The van der Waals surface area contributed by atoms with Crippen molar-refractivity contribution in [3.05, 3.63) is 38.8 Å². The Morgan fingerprint density at radius 2 is 2.14 bits per heavy atom. The summed E-state index contributed by atoms with van der Waals surface area (Å²) in [5.74, 6) is -0.959. The molecule has 0 saturated heterocycles. The van der Waals surface area contributed by atoms with Crippen LogP contribution in [0, 0.1) is 5.82 Å². The van der Waals surface area contributed by atoms with Crippen LogP contribution in [0.15, 0.2) is 27.5 Å². The molecule has 5 heteroatoms. The summed E-state index contributed by atoms with van der Waals surface area (Å²) in [7, 11) is 0. The molecule has 14 heavy (non-hydrogen) atoms. The third-order valence-corrected chi connectivity index (χ3v) is 2.50. The lowest BCUT2D eigenvalue weighted by molar-refractivity contribution is 0.467. The molecule has 3 nitrogen and oxygen atoms in total. The lowest BCUT2D eigenvalue weighted by atomic mass is 10.2. The van der Waals surface area contributed by atoms with Gasteiger partial charge in [0.2, 0.25) is 0 Å². The predicted molar refractivity (Wildman–Crippen MR) is 53.9 cm³/mol. The Kier molecular flexibility index (Phi) is 2.03. The highest BCUT2D eigenvalue weighted by Gasteiger charge is 2.07. The first-order valence-electron chi connectivity index (χ1n) is 3.79. The highest BCUT2D eigenvalue weighted by Crippen LogP contribution is 2.23. The summed E-state index contributed by atoms with van der Waals surface area (Å²) in [5, 5.41) is 9.55. The number of aromatic hydroxyl groups is 1. The van der Waals surface area contributed by atoms with Crippen molar-refractivity contribution >= 4 is 26.8 Å². The van der Waals surface area contributed by atoms with Gasteiger partial charge in [0.25, 0.3) is 5.56 Å². The Morgan fingerprint density at radius 3 is 2.86 bits per heavy atom. The van der Waals surface area contributed by atoms with Crippen molar-refractivity contribution in [1.29, 1.82) is 0 Å². The SMILES string of the molecule is O=c1[nH]c2c(F)c(Br)ccc2cc1O. The summed E-state index contributed by atoms with van der Waals surface area (Å²) < 4.78 is 13.7. The molecule has 1 aromatic carbocycles. The first-order valence-corrected chi connectivity index (χ1v) is 4.59. The molecule has 2 aromatic rings. The van der Waals surface area contributed by atoms with Crippen molar-refractivity contribution in [2.24, 2.45) is 0 Å². The van der Waals surface area contributed by atoms with Crippen LogP contribution in [0.4, 0.5) is 4.39 Å². The molecule has 0 amide bonds. The predicted octanol–water partition coefficient (Wildman–Crippen LogP) is 2.14. The Balaban J connectivity index is 2.97. The number of pyridine rings is 1. The molecular formula is C9H5BrFNO2. The first-order chi connectivity index (χ1) is 6.59. The molecule has 0 radical (unpaired) electrons. The van der Waals surface area contributed by atoms with Crippen molar-refractivity contribution in [2.45, 2.75) is 0 Å². The number of benzene rings is 1. The molecule has 2 rings (SSSR count). The van der Waals surface area contributed by atoms with E-state index in [4.69, 9.17) is 5.11 Å². The Morgan fingerprint density at radius 1 is 1.43 bits per heavy atom. The lowest BCUT2D eigenvalue weighted by Gasteiger charge is -2.01. The van der Waals surface area contributed by atoms with Gasteiger partial charge in [-0.05, 0) is 28.1 Å². The summed E-state index contributed by atoms with van der Waals surface area (Å²) in [6.45, 7) is 0. The van der Waals surface area contributed by atoms with Gasteiger partial charge in [-0.25, -0.2) is 4.39 Å². The number of aromatic amines is 1. The molecule has 1 aromatic heterocycles. The summed E-state index contributed by atoms with van der Waals surface area (Å²) in [6, 6.07) is 4.33. The van der Waals surface area contributed by atoms with E-state index in [-0.39, 0.29) is 9.99 Å². The number of fused-ring (bicyclic) bond motifs is 1. The largest absolute Gasteiger partial charge is 0.503 e. The van der Waals surface area contributed by atoms with Crippen molar-refractivity contribution in [3.8, 4) is 5.75 Å². The standard InChI is InChI=1S/C9H5BrFNO2/c10-5-2-1-4-3-6(13)9(14)12-8(4)7(5)11/h1-3,13H,(H,12,14). The molecule has 0 aliphatic rings. The molecule has 1 heterocycles.